The number of pyridine rings is 1. The first kappa shape index (κ1) is 15.8. The third kappa shape index (κ3) is 2.59. The molecule has 0 saturated heterocycles. The van der Waals surface area contributed by atoms with Crippen LogP contribution in [0.5, 0.6) is 5.75 Å². The average molecular weight is 339 g/mol. The second kappa shape index (κ2) is 6.31. The summed E-state index contributed by atoms with van der Waals surface area (Å²) in [4.78, 5) is 24.5. The summed E-state index contributed by atoms with van der Waals surface area (Å²) in [5.74, 6) is 1.06. The van der Waals surface area contributed by atoms with Crippen LogP contribution in [0.25, 0.3) is 22.4 Å². The fourth-order valence-corrected chi connectivity index (χ4v) is 3.63. The molecule has 0 bridgehead atoms. The first-order valence-electron chi connectivity index (χ1n) is 8.72. The molecule has 1 N–H and O–H groups in total. The van der Waals surface area contributed by atoms with Crippen LogP contribution in [0.1, 0.15) is 44.3 Å². The number of aryl methyl sites for hydroxylation is 1. The van der Waals surface area contributed by atoms with Gasteiger partial charge in [-0.3, -0.25) is 9.78 Å². The van der Waals surface area contributed by atoms with E-state index < -0.39 is 0 Å². The number of aromatic nitrogens is 5. The predicted molar refractivity (Wildman–Crippen MR) is 94.8 cm³/mol. The monoisotopic (exact) mass is 339 g/mol. The second-order valence-corrected chi connectivity index (χ2v) is 6.37. The maximum absolute atomic E-state index is 12.8. The Balaban J connectivity index is 1.96. The summed E-state index contributed by atoms with van der Waals surface area (Å²) in [5.41, 5.74) is 2.04. The molecule has 4 rings (SSSR count). The molecule has 7 nitrogen and oxygen atoms in total. The molecular weight excluding hydrogens is 318 g/mol. The Kier molecular flexibility index (Phi) is 3.99. The van der Waals surface area contributed by atoms with Crippen LogP contribution in [0.4, 0.5) is 0 Å². The average Bonchev–Trinajstić information content (AvgIpc) is 3.29. The van der Waals surface area contributed by atoms with E-state index in [1.54, 1.807) is 25.6 Å². The lowest BCUT2D eigenvalue weighted by Crippen LogP contribution is -2.13. The number of hydrogen-bond acceptors (Lipinski definition) is 5. The van der Waals surface area contributed by atoms with Crippen molar-refractivity contribution in [2.24, 2.45) is 0 Å². The number of aromatic amines is 1. The van der Waals surface area contributed by atoms with Crippen LogP contribution in [0.2, 0.25) is 0 Å². The Morgan fingerprint density at radius 2 is 2.16 bits per heavy atom. The van der Waals surface area contributed by atoms with E-state index in [9.17, 15) is 4.79 Å². The van der Waals surface area contributed by atoms with Crippen molar-refractivity contribution in [2.45, 2.75) is 45.1 Å². The lowest BCUT2D eigenvalue weighted by atomic mass is 10.2. The lowest BCUT2D eigenvalue weighted by molar-refractivity contribution is 0.414. The zero-order valence-electron chi connectivity index (χ0n) is 14.5. The molecule has 1 aliphatic rings. The summed E-state index contributed by atoms with van der Waals surface area (Å²) >= 11 is 0. The van der Waals surface area contributed by atoms with Crippen molar-refractivity contribution in [2.75, 3.05) is 7.11 Å². The van der Waals surface area contributed by atoms with Gasteiger partial charge in [0.15, 0.2) is 5.65 Å². The minimum Gasteiger partial charge on any atom is -0.494 e. The molecular formula is C18H21N5O2. The first-order chi connectivity index (χ1) is 12.2. The molecule has 0 spiro atoms. The smallest absolute Gasteiger partial charge is 0.262 e. The zero-order chi connectivity index (χ0) is 17.4. The summed E-state index contributed by atoms with van der Waals surface area (Å²) in [6, 6.07) is 2.12. The summed E-state index contributed by atoms with van der Waals surface area (Å²) in [6.45, 7) is 2.01. The van der Waals surface area contributed by atoms with E-state index in [0.29, 0.717) is 40.6 Å². The number of nitrogens with zero attached hydrogens (tertiary/aromatic N) is 4. The van der Waals surface area contributed by atoms with Gasteiger partial charge in [0.1, 0.15) is 17.0 Å². The highest BCUT2D eigenvalue weighted by molar-refractivity contribution is 5.80. The number of rotatable bonds is 4. The van der Waals surface area contributed by atoms with Crippen LogP contribution < -0.4 is 10.3 Å². The normalized spacial score (nSPS) is 15.1. The van der Waals surface area contributed by atoms with Gasteiger partial charge in [-0.25, -0.2) is 9.67 Å². The SMILES string of the molecule is CCc1nn(C2CCCC2)c2nc(-c3ccncc3OC)[nH]c(=O)c12. The summed E-state index contributed by atoms with van der Waals surface area (Å²) < 4.78 is 7.33. The van der Waals surface area contributed by atoms with E-state index in [2.05, 4.69) is 9.97 Å². The Morgan fingerprint density at radius 1 is 1.36 bits per heavy atom. The fourth-order valence-electron chi connectivity index (χ4n) is 3.63. The minimum atomic E-state index is -0.153. The summed E-state index contributed by atoms with van der Waals surface area (Å²) in [7, 11) is 1.58. The second-order valence-electron chi connectivity index (χ2n) is 6.37. The number of ether oxygens (including phenoxy) is 1. The Hall–Kier alpha value is -2.70. The van der Waals surface area contributed by atoms with E-state index in [4.69, 9.17) is 14.8 Å². The highest BCUT2D eigenvalue weighted by Crippen LogP contribution is 2.32. The third-order valence-corrected chi connectivity index (χ3v) is 4.90. The fraction of sp³-hybridized carbons (Fsp3) is 0.444. The highest BCUT2D eigenvalue weighted by Gasteiger charge is 2.24. The molecule has 1 saturated carbocycles. The van der Waals surface area contributed by atoms with Crippen LogP contribution in [0.3, 0.4) is 0 Å². The standard InChI is InChI=1S/C18H21N5O2/c1-3-13-15-17(23(22-13)11-6-4-5-7-11)20-16(21-18(15)24)12-8-9-19-10-14(12)25-2/h8-11H,3-7H2,1-2H3,(H,20,21,24). The van der Waals surface area contributed by atoms with Crippen molar-refractivity contribution in [1.82, 2.24) is 24.7 Å². The molecule has 1 fully saturated rings. The molecule has 0 atom stereocenters. The highest BCUT2D eigenvalue weighted by atomic mass is 16.5. The Labute approximate surface area is 145 Å². The Morgan fingerprint density at radius 3 is 2.88 bits per heavy atom. The predicted octanol–water partition coefficient (Wildman–Crippen LogP) is 2.87. The molecule has 0 unspecified atom stereocenters. The van der Waals surface area contributed by atoms with Gasteiger partial charge in [0, 0.05) is 6.20 Å². The third-order valence-electron chi connectivity index (χ3n) is 4.90. The van der Waals surface area contributed by atoms with Crippen molar-refractivity contribution in [1.29, 1.82) is 0 Å². The van der Waals surface area contributed by atoms with Gasteiger partial charge in [-0.05, 0) is 25.3 Å². The molecule has 0 aromatic carbocycles. The molecule has 3 aromatic heterocycles. The molecule has 1 aliphatic carbocycles. The Bertz CT molecular complexity index is 969. The first-order valence-corrected chi connectivity index (χ1v) is 8.72. The van der Waals surface area contributed by atoms with E-state index in [1.165, 1.54) is 12.8 Å². The van der Waals surface area contributed by atoms with Gasteiger partial charge in [-0.2, -0.15) is 5.10 Å². The molecule has 7 heteroatoms. The van der Waals surface area contributed by atoms with Crippen LogP contribution in [0, 0.1) is 0 Å². The molecule has 25 heavy (non-hydrogen) atoms. The van der Waals surface area contributed by atoms with Gasteiger partial charge < -0.3 is 9.72 Å². The van der Waals surface area contributed by atoms with E-state index in [1.807, 2.05) is 11.6 Å². The van der Waals surface area contributed by atoms with Crippen LogP contribution >= 0.6 is 0 Å². The van der Waals surface area contributed by atoms with Crippen molar-refractivity contribution in [3.8, 4) is 17.1 Å². The number of hydrogen-bond donors (Lipinski definition) is 1. The van der Waals surface area contributed by atoms with Gasteiger partial charge in [-0.15, -0.1) is 0 Å². The molecule has 3 aromatic rings. The van der Waals surface area contributed by atoms with Gasteiger partial charge in [0.05, 0.1) is 30.6 Å². The van der Waals surface area contributed by atoms with Gasteiger partial charge in [0.25, 0.3) is 5.56 Å². The maximum Gasteiger partial charge on any atom is 0.262 e. The number of fused-ring (bicyclic) bond motifs is 1. The van der Waals surface area contributed by atoms with Crippen LogP contribution in [0.15, 0.2) is 23.3 Å². The topological polar surface area (TPSA) is 85.7 Å². The van der Waals surface area contributed by atoms with Gasteiger partial charge >= 0.3 is 0 Å². The van der Waals surface area contributed by atoms with E-state index in [0.717, 1.165) is 18.5 Å². The van der Waals surface area contributed by atoms with Crippen molar-refractivity contribution in [3.05, 3.63) is 34.5 Å². The van der Waals surface area contributed by atoms with Gasteiger partial charge in [-0.1, -0.05) is 19.8 Å². The summed E-state index contributed by atoms with van der Waals surface area (Å²) in [6.07, 6.45) is 8.55. The van der Waals surface area contributed by atoms with Crippen molar-refractivity contribution in [3.63, 3.8) is 0 Å². The molecule has 0 radical (unpaired) electrons. The number of nitrogens with one attached hydrogen (secondary N) is 1. The van der Waals surface area contributed by atoms with Crippen molar-refractivity contribution >= 4 is 11.0 Å². The number of methoxy groups -OCH3 is 1. The quantitative estimate of drug-likeness (QED) is 0.790. The lowest BCUT2D eigenvalue weighted by Gasteiger charge is -2.11. The van der Waals surface area contributed by atoms with E-state index >= 15 is 0 Å². The minimum absolute atomic E-state index is 0.153. The van der Waals surface area contributed by atoms with E-state index in [-0.39, 0.29) is 5.56 Å². The van der Waals surface area contributed by atoms with Crippen molar-refractivity contribution < 1.29 is 4.74 Å². The van der Waals surface area contributed by atoms with Crippen LogP contribution in [-0.2, 0) is 6.42 Å². The zero-order valence-corrected chi connectivity index (χ0v) is 14.5. The largest absolute Gasteiger partial charge is 0.494 e. The maximum atomic E-state index is 12.8. The summed E-state index contributed by atoms with van der Waals surface area (Å²) in [5, 5.41) is 5.32. The molecule has 3 heterocycles. The molecule has 0 amide bonds. The van der Waals surface area contributed by atoms with Crippen LogP contribution in [-0.4, -0.2) is 31.8 Å². The molecule has 130 valence electrons. The van der Waals surface area contributed by atoms with Gasteiger partial charge in [0.2, 0.25) is 0 Å². The number of H-pyrrole nitrogens is 1. The molecule has 0 aliphatic heterocycles.